The predicted octanol–water partition coefficient (Wildman–Crippen LogP) is 5.28. The van der Waals surface area contributed by atoms with Crippen molar-refractivity contribution in [1.82, 2.24) is 0 Å². The first kappa shape index (κ1) is 18.2. The molecule has 0 saturated heterocycles. The molecule has 1 aromatic rings. The van der Waals surface area contributed by atoms with Crippen LogP contribution in [-0.2, 0) is 11.2 Å². The zero-order valence-corrected chi connectivity index (χ0v) is 14.3. The molecule has 0 atom stereocenters. The lowest BCUT2D eigenvalue weighted by Gasteiger charge is -2.06. The van der Waals surface area contributed by atoms with Gasteiger partial charge in [0.15, 0.2) is 0 Å². The van der Waals surface area contributed by atoms with Crippen LogP contribution in [0.2, 0.25) is 0 Å². The zero-order chi connectivity index (χ0) is 16.4. The second kappa shape index (κ2) is 9.99. The van der Waals surface area contributed by atoms with Crippen LogP contribution in [-0.4, -0.2) is 12.4 Å². The van der Waals surface area contributed by atoms with Gasteiger partial charge in [0.1, 0.15) is 18.1 Å². The molecule has 0 radical (unpaired) electrons. The van der Waals surface area contributed by atoms with E-state index in [4.69, 9.17) is 4.74 Å². The van der Waals surface area contributed by atoms with E-state index in [1.165, 1.54) is 16.7 Å². The van der Waals surface area contributed by atoms with Crippen molar-refractivity contribution in [2.24, 2.45) is 0 Å². The summed E-state index contributed by atoms with van der Waals surface area (Å²) in [5.74, 6) is 1.11. The predicted molar refractivity (Wildman–Crippen MR) is 93.4 cm³/mol. The molecule has 0 heterocycles. The third-order valence-electron chi connectivity index (χ3n) is 3.46. The molecular formula is C20H28O2. The van der Waals surface area contributed by atoms with E-state index in [1.807, 2.05) is 24.3 Å². The molecule has 0 aliphatic rings. The van der Waals surface area contributed by atoms with Gasteiger partial charge in [-0.1, -0.05) is 29.4 Å². The SMILES string of the molecule is CC(=O)CCc1ccc(OC/C=C(\C)CCC=C(C)C)cc1. The molecule has 0 aromatic heterocycles. The van der Waals surface area contributed by atoms with Crippen molar-refractivity contribution in [3.05, 3.63) is 53.1 Å². The Kier molecular flexibility index (Phi) is 8.27. The summed E-state index contributed by atoms with van der Waals surface area (Å²) in [5.41, 5.74) is 3.90. The van der Waals surface area contributed by atoms with Gasteiger partial charge in [-0.05, 0) is 70.7 Å². The highest BCUT2D eigenvalue weighted by atomic mass is 16.5. The second-order valence-corrected chi connectivity index (χ2v) is 6.03. The van der Waals surface area contributed by atoms with Crippen LogP contribution in [0.3, 0.4) is 0 Å². The first-order valence-corrected chi connectivity index (χ1v) is 7.97. The van der Waals surface area contributed by atoms with Gasteiger partial charge in [0, 0.05) is 6.42 Å². The molecule has 120 valence electrons. The Labute approximate surface area is 134 Å². The van der Waals surface area contributed by atoms with Gasteiger partial charge in [-0.25, -0.2) is 0 Å². The molecule has 1 rings (SSSR count). The summed E-state index contributed by atoms with van der Waals surface area (Å²) in [6.07, 6.45) is 7.99. The molecule has 0 aliphatic carbocycles. The number of carbonyl (C=O) groups is 1. The lowest BCUT2D eigenvalue weighted by Crippen LogP contribution is -1.96. The number of benzene rings is 1. The Morgan fingerprint density at radius 3 is 2.27 bits per heavy atom. The van der Waals surface area contributed by atoms with Crippen molar-refractivity contribution in [3.8, 4) is 5.75 Å². The minimum Gasteiger partial charge on any atom is -0.490 e. The summed E-state index contributed by atoms with van der Waals surface area (Å²) in [7, 11) is 0. The summed E-state index contributed by atoms with van der Waals surface area (Å²) < 4.78 is 5.73. The van der Waals surface area contributed by atoms with Gasteiger partial charge in [0.2, 0.25) is 0 Å². The third-order valence-corrected chi connectivity index (χ3v) is 3.46. The first-order valence-electron chi connectivity index (χ1n) is 7.97. The maximum atomic E-state index is 11.0. The van der Waals surface area contributed by atoms with Crippen LogP contribution in [0.1, 0.15) is 52.5 Å². The highest BCUT2D eigenvalue weighted by molar-refractivity contribution is 5.75. The molecule has 0 spiro atoms. The van der Waals surface area contributed by atoms with Crippen molar-refractivity contribution in [2.45, 2.75) is 53.4 Å². The Balaban J connectivity index is 2.35. The van der Waals surface area contributed by atoms with E-state index < -0.39 is 0 Å². The van der Waals surface area contributed by atoms with Crippen LogP contribution in [0.15, 0.2) is 47.6 Å². The van der Waals surface area contributed by atoms with Crippen LogP contribution < -0.4 is 4.74 Å². The lowest BCUT2D eigenvalue weighted by atomic mass is 10.1. The van der Waals surface area contributed by atoms with Gasteiger partial charge in [-0.3, -0.25) is 0 Å². The topological polar surface area (TPSA) is 26.3 Å². The number of rotatable bonds is 9. The van der Waals surface area contributed by atoms with Crippen LogP contribution in [0.25, 0.3) is 0 Å². The average molecular weight is 300 g/mol. The molecule has 0 aliphatic heterocycles. The molecule has 1 aromatic carbocycles. The minimum atomic E-state index is 0.231. The minimum absolute atomic E-state index is 0.231. The third kappa shape index (κ3) is 8.46. The monoisotopic (exact) mass is 300 g/mol. The van der Waals surface area contributed by atoms with Gasteiger partial charge in [0.05, 0.1) is 0 Å². The summed E-state index contributed by atoms with van der Waals surface area (Å²) in [4.78, 5) is 11.0. The highest BCUT2D eigenvalue weighted by Gasteiger charge is 1.98. The standard InChI is InChI=1S/C20H28O2/c1-16(2)6-5-7-17(3)14-15-22-20-12-10-19(11-13-20)9-8-18(4)21/h6,10-14H,5,7-9,15H2,1-4H3/b17-14+. The molecule has 0 fully saturated rings. The fraction of sp³-hybridized carbons (Fsp3) is 0.450. The lowest BCUT2D eigenvalue weighted by molar-refractivity contribution is -0.116. The molecule has 0 amide bonds. The number of hydrogen-bond acceptors (Lipinski definition) is 2. The van der Waals surface area contributed by atoms with Crippen molar-refractivity contribution < 1.29 is 9.53 Å². The number of ketones is 1. The van der Waals surface area contributed by atoms with Crippen molar-refractivity contribution >= 4 is 5.78 Å². The van der Waals surface area contributed by atoms with E-state index in [0.29, 0.717) is 13.0 Å². The van der Waals surface area contributed by atoms with Gasteiger partial charge < -0.3 is 9.53 Å². The molecule has 22 heavy (non-hydrogen) atoms. The smallest absolute Gasteiger partial charge is 0.130 e. The van der Waals surface area contributed by atoms with Crippen molar-refractivity contribution in [2.75, 3.05) is 6.61 Å². The number of ether oxygens (including phenoxy) is 1. The Bertz CT molecular complexity index is 517. The number of aryl methyl sites for hydroxylation is 1. The average Bonchev–Trinajstić information content (AvgIpc) is 2.46. The van der Waals surface area contributed by atoms with Crippen molar-refractivity contribution in [3.63, 3.8) is 0 Å². The van der Waals surface area contributed by atoms with Crippen LogP contribution in [0.5, 0.6) is 5.75 Å². The quantitative estimate of drug-likeness (QED) is 0.580. The maximum absolute atomic E-state index is 11.0. The van der Waals surface area contributed by atoms with E-state index >= 15 is 0 Å². The fourth-order valence-electron chi connectivity index (χ4n) is 2.04. The Morgan fingerprint density at radius 2 is 1.68 bits per heavy atom. The van der Waals surface area contributed by atoms with Crippen LogP contribution in [0.4, 0.5) is 0 Å². The Hall–Kier alpha value is -1.83. The van der Waals surface area contributed by atoms with E-state index in [9.17, 15) is 4.79 Å². The molecule has 0 saturated carbocycles. The van der Waals surface area contributed by atoms with Crippen LogP contribution in [0, 0.1) is 0 Å². The van der Waals surface area contributed by atoms with Gasteiger partial charge >= 0.3 is 0 Å². The second-order valence-electron chi connectivity index (χ2n) is 6.03. The molecular weight excluding hydrogens is 272 g/mol. The molecule has 2 nitrogen and oxygen atoms in total. The number of allylic oxidation sites excluding steroid dienone is 3. The van der Waals surface area contributed by atoms with E-state index in [0.717, 1.165) is 25.0 Å². The maximum Gasteiger partial charge on any atom is 0.130 e. The summed E-state index contributed by atoms with van der Waals surface area (Å²) in [6.45, 7) is 8.63. The summed E-state index contributed by atoms with van der Waals surface area (Å²) in [6, 6.07) is 8.01. The largest absolute Gasteiger partial charge is 0.490 e. The molecule has 0 N–H and O–H groups in total. The fourth-order valence-corrected chi connectivity index (χ4v) is 2.04. The van der Waals surface area contributed by atoms with E-state index in [1.54, 1.807) is 6.92 Å². The number of carbonyl (C=O) groups excluding carboxylic acids is 1. The first-order chi connectivity index (χ1) is 10.5. The highest BCUT2D eigenvalue weighted by Crippen LogP contribution is 2.14. The van der Waals surface area contributed by atoms with Gasteiger partial charge in [-0.15, -0.1) is 0 Å². The van der Waals surface area contributed by atoms with E-state index in [-0.39, 0.29) is 5.78 Å². The van der Waals surface area contributed by atoms with E-state index in [2.05, 4.69) is 32.9 Å². The number of Topliss-reactive ketones (excluding diaryl/α,β-unsaturated/α-hetero) is 1. The normalized spacial score (nSPS) is 11.2. The summed E-state index contributed by atoms with van der Waals surface area (Å²) in [5, 5.41) is 0. The van der Waals surface area contributed by atoms with Gasteiger partial charge in [-0.2, -0.15) is 0 Å². The summed E-state index contributed by atoms with van der Waals surface area (Å²) >= 11 is 0. The molecule has 0 unspecified atom stereocenters. The van der Waals surface area contributed by atoms with Gasteiger partial charge in [0.25, 0.3) is 0 Å². The van der Waals surface area contributed by atoms with Crippen molar-refractivity contribution in [1.29, 1.82) is 0 Å². The molecule has 2 heteroatoms. The zero-order valence-electron chi connectivity index (χ0n) is 14.3. The molecule has 0 bridgehead atoms. The Morgan fingerprint density at radius 1 is 1.00 bits per heavy atom. The number of hydrogen-bond donors (Lipinski definition) is 0. The van der Waals surface area contributed by atoms with Crippen LogP contribution >= 0.6 is 0 Å².